The Balaban J connectivity index is 1.49. The van der Waals surface area contributed by atoms with Gasteiger partial charge in [-0.25, -0.2) is 0 Å². The van der Waals surface area contributed by atoms with Crippen molar-refractivity contribution < 1.29 is 9.47 Å². The van der Waals surface area contributed by atoms with E-state index in [2.05, 4.69) is 27.3 Å². The summed E-state index contributed by atoms with van der Waals surface area (Å²) in [4.78, 5) is 0. The Bertz CT molecular complexity index is 994. The Morgan fingerprint density at radius 3 is 1.53 bits per heavy atom. The molecule has 0 bridgehead atoms. The first-order valence-corrected chi connectivity index (χ1v) is 10.8. The largest absolute Gasteiger partial charge is 0.495 e. The number of methoxy groups -OCH3 is 2. The van der Waals surface area contributed by atoms with Crippen molar-refractivity contribution in [3.63, 3.8) is 0 Å². The van der Waals surface area contributed by atoms with Crippen molar-refractivity contribution in [3.05, 3.63) is 83.9 Å². The molecule has 0 aliphatic rings. The molecular formula is C24H26N4O2S2. The van der Waals surface area contributed by atoms with Crippen LogP contribution in [0.2, 0.25) is 0 Å². The molecule has 0 fully saturated rings. The van der Waals surface area contributed by atoms with E-state index in [0.29, 0.717) is 23.3 Å². The number of rotatable bonds is 8. The predicted octanol–water partition coefficient (Wildman–Crippen LogP) is 4.68. The number of hydrogen-bond donors (Lipinski definition) is 4. The topological polar surface area (TPSA) is 66.6 Å². The zero-order valence-electron chi connectivity index (χ0n) is 18.0. The second kappa shape index (κ2) is 11.9. The second-order valence-corrected chi connectivity index (χ2v) is 7.65. The molecule has 4 N–H and O–H groups in total. The standard InChI is InChI=1S/C24H26N4O2S2/c1-29-21-12-5-3-10-19(21)27-23(31)25-15-17-8-7-9-18(14-17)16-26-24(32)28-20-11-4-6-13-22(20)30-2/h3-14H,15-16H2,1-2H3,(H2,25,27,31)(H2,26,28,32). The molecule has 3 aromatic rings. The van der Waals surface area contributed by atoms with Gasteiger partial charge in [0.25, 0.3) is 0 Å². The summed E-state index contributed by atoms with van der Waals surface area (Å²) < 4.78 is 10.7. The van der Waals surface area contributed by atoms with Crippen LogP contribution < -0.4 is 30.7 Å². The molecule has 0 saturated carbocycles. The smallest absolute Gasteiger partial charge is 0.171 e. The highest BCUT2D eigenvalue weighted by Gasteiger charge is 2.06. The first kappa shape index (κ1) is 23.3. The Morgan fingerprint density at radius 1 is 0.656 bits per heavy atom. The highest BCUT2D eigenvalue weighted by Crippen LogP contribution is 2.23. The third kappa shape index (κ3) is 6.83. The van der Waals surface area contributed by atoms with Gasteiger partial charge in [0.1, 0.15) is 11.5 Å². The van der Waals surface area contributed by atoms with Crippen molar-refractivity contribution in [2.45, 2.75) is 13.1 Å². The molecule has 32 heavy (non-hydrogen) atoms. The molecule has 6 nitrogen and oxygen atoms in total. The molecule has 0 atom stereocenters. The highest BCUT2D eigenvalue weighted by atomic mass is 32.1. The van der Waals surface area contributed by atoms with Crippen LogP contribution in [0.3, 0.4) is 0 Å². The molecule has 8 heteroatoms. The number of ether oxygens (including phenoxy) is 2. The van der Waals surface area contributed by atoms with Gasteiger partial charge in [-0.2, -0.15) is 0 Å². The van der Waals surface area contributed by atoms with Crippen LogP contribution in [0.5, 0.6) is 11.5 Å². The molecule has 0 saturated heterocycles. The van der Waals surface area contributed by atoms with Crippen LogP contribution in [-0.4, -0.2) is 24.4 Å². The average Bonchev–Trinajstić information content (AvgIpc) is 2.82. The quantitative estimate of drug-likeness (QED) is 0.357. The van der Waals surface area contributed by atoms with Gasteiger partial charge >= 0.3 is 0 Å². The first-order valence-electron chi connectivity index (χ1n) is 10.0. The minimum Gasteiger partial charge on any atom is -0.495 e. The maximum Gasteiger partial charge on any atom is 0.171 e. The van der Waals surface area contributed by atoms with E-state index in [1.807, 2.05) is 66.7 Å². The second-order valence-electron chi connectivity index (χ2n) is 6.84. The molecular weight excluding hydrogens is 440 g/mol. The number of nitrogens with one attached hydrogen (secondary N) is 4. The summed E-state index contributed by atoms with van der Waals surface area (Å²) in [5.74, 6) is 1.48. The van der Waals surface area contributed by atoms with E-state index in [9.17, 15) is 0 Å². The predicted molar refractivity (Wildman–Crippen MR) is 139 cm³/mol. The van der Waals surface area contributed by atoms with Crippen LogP contribution in [0.4, 0.5) is 11.4 Å². The van der Waals surface area contributed by atoms with E-state index in [0.717, 1.165) is 34.0 Å². The third-order valence-electron chi connectivity index (χ3n) is 4.61. The molecule has 0 heterocycles. The summed E-state index contributed by atoms with van der Waals surface area (Å²) in [6.07, 6.45) is 0. The maximum atomic E-state index is 5.42. The van der Waals surface area contributed by atoms with Crippen molar-refractivity contribution in [2.75, 3.05) is 24.9 Å². The van der Waals surface area contributed by atoms with Gasteiger partial charge in [0.2, 0.25) is 0 Å². The fourth-order valence-electron chi connectivity index (χ4n) is 3.04. The molecule has 0 radical (unpaired) electrons. The molecule has 0 aromatic heterocycles. The summed E-state index contributed by atoms with van der Waals surface area (Å²) in [5.41, 5.74) is 3.86. The molecule has 0 spiro atoms. The number of thiocarbonyl (C=S) groups is 2. The monoisotopic (exact) mass is 466 g/mol. The van der Waals surface area contributed by atoms with Crippen LogP contribution in [0.15, 0.2) is 72.8 Å². The number of para-hydroxylation sites is 4. The van der Waals surface area contributed by atoms with Crippen molar-refractivity contribution in [3.8, 4) is 11.5 Å². The van der Waals surface area contributed by atoms with E-state index in [4.69, 9.17) is 33.9 Å². The maximum absolute atomic E-state index is 5.42. The van der Waals surface area contributed by atoms with Gasteiger partial charge in [0, 0.05) is 13.1 Å². The highest BCUT2D eigenvalue weighted by molar-refractivity contribution is 7.80. The summed E-state index contributed by atoms with van der Waals surface area (Å²) in [6.45, 7) is 1.19. The van der Waals surface area contributed by atoms with E-state index in [1.54, 1.807) is 14.2 Å². The molecule has 0 aliphatic heterocycles. The Hall–Kier alpha value is -3.36. The van der Waals surface area contributed by atoms with Gasteiger partial charge in [-0.15, -0.1) is 0 Å². The zero-order valence-corrected chi connectivity index (χ0v) is 19.6. The first-order chi connectivity index (χ1) is 15.6. The van der Waals surface area contributed by atoms with E-state index in [-0.39, 0.29) is 0 Å². The van der Waals surface area contributed by atoms with Crippen LogP contribution in [0.1, 0.15) is 11.1 Å². The fourth-order valence-corrected chi connectivity index (χ4v) is 3.41. The SMILES string of the molecule is COc1ccccc1NC(=S)NCc1cccc(CNC(=S)Nc2ccccc2OC)c1. The Labute approximate surface area is 199 Å². The Kier molecular flexibility index (Phi) is 8.65. The summed E-state index contributed by atoms with van der Waals surface area (Å²) in [7, 11) is 3.27. The lowest BCUT2D eigenvalue weighted by molar-refractivity contribution is 0.417. The molecule has 0 aliphatic carbocycles. The number of hydrogen-bond acceptors (Lipinski definition) is 4. The summed E-state index contributed by atoms with van der Waals surface area (Å²) in [6, 6.07) is 23.5. The van der Waals surface area contributed by atoms with Crippen LogP contribution in [0.25, 0.3) is 0 Å². The summed E-state index contributed by atoms with van der Waals surface area (Å²) in [5, 5.41) is 13.8. The molecule has 166 valence electrons. The minimum absolute atomic E-state index is 0.528. The van der Waals surface area contributed by atoms with Crippen LogP contribution in [-0.2, 0) is 13.1 Å². The Morgan fingerprint density at radius 2 is 1.09 bits per heavy atom. The lowest BCUT2D eigenvalue weighted by Crippen LogP contribution is -2.29. The lowest BCUT2D eigenvalue weighted by atomic mass is 10.1. The summed E-state index contributed by atoms with van der Waals surface area (Å²) >= 11 is 10.8. The number of anilines is 2. The molecule has 3 aromatic carbocycles. The van der Waals surface area contributed by atoms with Gasteiger partial charge in [0.05, 0.1) is 25.6 Å². The van der Waals surface area contributed by atoms with Crippen molar-refractivity contribution >= 4 is 46.0 Å². The van der Waals surface area contributed by atoms with Crippen molar-refractivity contribution in [1.29, 1.82) is 0 Å². The van der Waals surface area contributed by atoms with Gasteiger partial charge < -0.3 is 30.7 Å². The van der Waals surface area contributed by atoms with Crippen molar-refractivity contribution in [2.24, 2.45) is 0 Å². The molecule has 0 unspecified atom stereocenters. The third-order valence-corrected chi connectivity index (χ3v) is 5.10. The average molecular weight is 467 g/mol. The van der Waals surface area contributed by atoms with Gasteiger partial charge in [0.15, 0.2) is 10.2 Å². The van der Waals surface area contributed by atoms with Crippen LogP contribution >= 0.6 is 24.4 Å². The lowest BCUT2D eigenvalue weighted by Gasteiger charge is -2.15. The van der Waals surface area contributed by atoms with E-state index in [1.165, 1.54) is 0 Å². The van der Waals surface area contributed by atoms with Gasteiger partial charge in [-0.1, -0.05) is 48.5 Å². The van der Waals surface area contributed by atoms with E-state index >= 15 is 0 Å². The zero-order chi connectivity index (χ0) is 22.8. The number of benzene rings is 3. The molecule has 0 amide bonds. The van der Waals surface area contributed by atoms with Gasteiger partial charge in [-0.3, -0.25) is 0 Å². The minimum atomic E-state index is 0.528. The fraction of sp³-hybridized carbons (Fsp3) is 0.167. The van der Waals surface area contributed by atoms with Crippen molar-refractivity contribution in [1.82, 2.24) is 10.6 Å². The van der Waals surface area contributed by atoms with Crippen LogP contribution in [0, 0.1) is 0 Å². The van der Waals surface area contributed by atoms with Gasteiger partial charge in [-0.05, 0) is 59.8 Å². The normalized spacial score (nSPS) is 10.1. The van der Waals surface area contributed by atoms with E-state index < -0.39 is 0 Å². The molecule has 3 rings (SSSR count).